The van der Waals surface area contributed by atoms with Crippen molar-refractivity contribution in [3.63, 3.8) is 0 Å². The van der Waals surface area contributed by atoms with Gasteiger partial charge in [-0.15, -0.1) is 0 Å². The van der Waals surface area contributed by atoms with Gasteiger partial charge in [0, 0.05) is 13.0 Å². The van der Waals surface area contributed by atoms with Crippen molar-refractivity contribution in [3.8, 4) is 5.75 Å². The van der Waals surface area contributed by atoms with Crippen LogP contribution >= 0.6 is 11.6 Å². The summed E-state index contributed by atoms with van der Waals surface area (Å²) in [4.78, 5) is 12.5. The van der Waals surface area contributed by atoms with Gasteiger partial charge in [-0.05, 0) is 25.0 Å². The number of aromatic nitrogens is 2. The van der Waals surface area contributed by atoms with Gasteiger partial charge in [-0.3, -0.25) is 9.48 Å². The molecule has 0 saturated heterocycles. The number of halogens is 1. The Bertz CT molecular complexity index is 717. The maximum absolute atomic E-state index is 12.5. The molecule has 2 heterocycles. The smallest absolute Gasteiger partial charge is 0.256 e. The first-order valence-electron chi connectivity index (χ1n) is 8.35. The Morgan fingerprint density at radius 3 is 3.00 bits per heavy atom. The van der Waals surface area contributed by atoms with Crippen molar-refractivity contribution in [1.29, 1.82) is 0 Å². The van der Waals surface area contributed by atoms with Crippen LogP contribution in [0.2, 0.25) is 5.15 Å². The van der Waals surface area contributed by atoms with Gasteiger partial charge >= 0.3 is 0 Å². The van der Waals surface area contributed by atoms with Crippen LogP contribution < -0.4 is 10.1 Å². The molecular formula is C18H22ClN3O2. The number of aryl methyl sites for hydroxylation is 2. The molecule has 2 aromatic rings. The Kier molecular flexibility index (Phi) is 5.09. The summed E-state index contributed by atoms with van der Waals surface area (Å²) in [5.41, 5.74) is 2.30. The molecule has 1 N–H and O–H groups in total. The van der Waals surface area contributed by atoms with Gasteiger partial charge in [0.05, 0.1) is 17.8 Å². The van der Waals surface area contributed by atoms with E-state index in [1.165, 1.54) is 5.56 Å². The summed E-state index contributed by atoms with van der Waals surface area (Å²) >= 11 is 6.34. The zero-order valence-electron chi connectivity index (χ0n) is 14.0. The van der Waals surface area contributed by atoms with E-state index < -0.39 is 0 Å². The molecule has 0 unspecified atom stereocenters. The third-order valence-corrected chi connectivity index (χ3v) is 4.60. The highest BCUT2D eigenvalue weighted by atomic mass is 35.5. The van der Waals surface area contributed by atoms with Crippen LogP contribution in [0.1, 0.15) is 41.4 Å². The maximum Gasteiger partial charge on any atom is 0.256 e. The van der Waals surface area contributed by atoms with Crippen molar-refractivity contribution in [2.45, 2.75) is 45.8 Å². The highest BCUT2D eigenvalue weighted by molar-refractivity contribution is 6.33. The number of fused-ring (bicyclic) bond motifs is 1. The van der Waals surface area contributed by atoms with E-state index in [1.807, 2.05) is 25.1 Å². The molecule has 128 valence electrons. The molecule has 0 fully saturated rings. The van der Waals surface area contributed by atoms with Crippen LogP contribution in [0.3, 0.4) is 0 Å². The van der Waals surface area contributed by atoms with Gasteiger partial charge in [0.15, 0.2) is 0 Å². The summed E-state index contributed by atoms with van der Waals surface area (Å²) in [7, 11) is 0. The van der Waals surface area contributed by atoms with E-state index in [4.69, 9.17) is 16.3 Å². The van der Waals surface area contributed by atoms with Crippen LogP contribution in [-0.2, 0) is 13.0 Å². The van der Waals surface area contributed by atoms with Crippen molar-refractivity contribution in [2.24, 2.45) is 0 Å². The van der Waals surface area contributed by atoms with Gasteiger partial charge in [0.2, 0.25) is 0 Å². The summed E-state index contributed by atoms with van der Waals surface area (Å²) < 4.78 is 7.55. The number of ether oxygens (including phenoxy) is 1. The van der Waals surface area contributed by atoms with Gasteiger partial charge in [0.25, 0.3) is 5.91 Å². The highest BCUT2D eigenvalue weighted by Crippen LogP contribution is 2.28. The quantitative estimate of drug-likeness (QED) is 0.871. The molecular weight excluding hydrogens is 326 g/mol. The predicted octanol–water partition coefficient (Wildman–Crippen LogP) is 3.38. The van der Waals surface area contributed by atoms with Crippen molar-refractivity contribution < 1.29 is 9.53 Å². The Balaban J connectivity index is 1.61. The number of para-hydroxylation sites is 1. The maximum atomic E-state index is 12.5. The number of unbranched alkanes of at least 4 members (excludes halogenated alkanes) is 1. The molecule has 3 rings (SSSR count). The van der Waals surface area contributed by atoms with Crippen molar-refractivity contribution in [1.82, 2.24) is 15.1 Å². The molecule has 0 aliphatic carbocycles. The minimum atomic E-state index is -0.195. The van der Waals surface area contributed by atoms with Gasteiger partial charge in [-0.1, -0.05) is 43.1 Å². The second-order valence-corrected chi connectivity index (χ2v) is 6.45. The third-order valence-electron chi connectivity index (χ3n) is 4.22. The van der Waals surface area contributed by atoms with Crippen molar-refractivity contribution >= 4 is 17.5 Å². The molecule has 0 saturated carbocycles. The minimum absolute atomic E-state index is 0.0411. The lowest BCUT2D eigenvalue weighted by molar-refractivity contribution is 0.0933. The van der Waals surface area contributed by atoms with Gasteiger partial charge in [-0.2, -0.15) is 5.10 Å². The molecule has 1 atom stereocenters. The first-order valence-corrected chi connectivity index (χ1v) is 8.73. The number of nitrogens with zero attached hydrogens (tertiary/aromatic N) is 2. The lowest BCUT2D eigenvalue weighted by Crippen LogP contribution is -2.34. The number of hydrogen-bond donors (Lipinski definition) is 1. The summed E-state index contributed by atoms with van der Waals surface area (Å²) in [5.74, 6) is 0.707. The Labute approximate surface area is 147 Å². The second-order valence-electron chi connectivity index (χ2n) is 6.09. The predicted molar refractivity (Wildman–Crippen MR) is 93.8 cm³/mol. The lowest BCUT2D eigenvalue weighted by Gasteiger charge is -2.12. The average Bonchev–Trinajstić information content (AvgIpc) is 3.11. The van der Waals surface area contributed by atoms with E-state index in [0.717, 1.165) is 31.6 Å². The van der Waals surface area contributed by atoms with Crippen LogP contribution in [0.25, 0.3) is 0 Å². The van der Waals surface area contributed by atoms with Gasteiger partial charge < -0.3 is 10.1 Å². The van der Waals surface area contributed by atoms with E-state index in [2.05, 4.69) is 23.4 Å². The Hall–Kier alpha value is -2.01. The van der Waals surface area contributed by atoms with Gasteiger partial charge in [-0.25, -0.2) is 0 Å². The molecule has 1 aromatic heterocycles. The van der Waals surface area contributed by atoms with Crippen molar-refractivity contribution in [2.75, 3.05) is 6.54 Å². The normalized spacial score (nSPS) is 15.9. The van der Waals surface area contributed by atoms with E-state index in [0.29, 0.717) is 23.0 Å². The van der Waals surface area contributed by atoms with Crippen LogP contribution in [0, 0.1) is 6.92 Å². The molecule has 1 aliphatic heterocycles. The molecule has 1 aliphatic rings. The SMILES string of the molecule is CCCCn1nc(C)c(C(=O)NC[C@H]2Cc3ccccc3O2)c1Cl. The fourth-order valence-corrected chi connectivity index (χ4v) is 3.27. The summed E-state index contributed by atoms with van der Waals surface area (Å²) in [6.07, 6.45) is 2.80. The second kappa shape index (κ2) is 7.26. The largest absolute Gasteiger partial charge is 0.488 e. The zero-order valence-corrected chi connectivity index (χ0v) is 14.8. The molecule has 5 nitrogen and oxygen atoms in total. The first kappa shape index (κ1) is 16.8. The molecule has 0 radical (unpaired) electrons. The number of nitrogens with one attached hydrogen (secondary N) is 1. The van der Waals surface area contributed by atoms with E-state index in [1.54, 1.807) is 4.68 Å². The molecule has 6 heteroatoms. The van der Waals surface area contributed by atoms with E-state index >= 15 is 0 Å². The number of carbonyl (C=O) groups is 1. The average molecular weight is 348 g/mol. The zero-order chi connectivity index (χ0) is 17.1. The van der Waals surface area contributed by atoms with Crippen LogP contribution in [0.5, 0.6) is 5.75 Å². The number of rotatable bonds is 6. The summed E-state index contributed by atoms with van der Waals surface area (Å²) in [6, 6.07) is 7.95. The van der Waals surface area contributed by atoms with Gasteiger partial charge in [0.1, 0.15) is 17.0 Å². The van der Waals surface area contributed by atoms with E-state index in [9.17, 15) is 4.79 Å². The fraction of sp³-hybridized carbons (Fsp3) is 0.444. The molecule has 1 aromatic carbocycles. The third kappa shape index (κ3) is 3.41. The standard InChI is InChI=1S/C18H22ClN3O2/c1-3-4-9-22-17(19)16(12(2)21-22)18(23)20-11-14-10-13-7-5-6-8-15(13)24-14/h5-8,14H,3-4,9-11H2,1-2H3,(H,20,23)/t14-/m1/s1. The topological polar surface area (TPSA) is 56.2 Å². The Morgan fingerprint density at radius 1 is 1.46 bits per heavy atom. The van der Waals surface area contributed by atoms with Crippen LogP contribution in [0.15, 0.2) is 24.3 Å². The Morgan fingerprint density at radius 2 is 2.25 bits per heavy atom. The highest BCUT2D eigenvalue weighted by Gasteiger charge is 2.25. The van der Waals surface area contributed by atoms with E-state index in [-0.39, 0.29) is 12.0 Å². The monoisotopic (exact) mass is 347 g/mol. The number of benzene rings is 1. The lowest BCUT2D eigenvalue weighted by atomic mass is 10.1. The number of amides is 1. The fourth-order valence-electron chi connectivity index (χ4n) is 2.93. The molecule has 1 amide bonds. The van der Waals surface area contributed by atoms with Crippen molar-refractivity contribution in [3.05, 3.63) is 46.2 Å². The summed E-state index contributed by atoms with van der Waals surface area (Å²) in [6.45, 7) is 5.09. The van der Waals surface area contributed by atoms with Crippen LogP contribution in [-0.4, -0.2) is 28.3 Å². The molecule has 0 spiro atoms. The number of carbonyl (C=O) groups excluding carboxylic acids is 1. The first-order chi connectivity index (χ1) is 11.6. The molecule has 24 heavy (non-hydrogen) atoms. The summed E-state index contributed by atoms with van der Waals surface area (Å²) in [5, 5.41) is 7.71. The van der Waals surface area contributed by atoms with Crippen LogP contribution in [0.4, 0.5) is 0 Å². The number of hydrogen-bond acceptors (Lipinski definition) is 3. The molecule has 0 bridgehead atoms. The minimum Gasteiger partial charge on any atom is -0.488 e.